The van der Waals surface area contributed by atoms with Crippen LogP contribution in [0.1, 0.15) is 19.8 Å². The van der Waals surface area contributed by atoms with Crippen LogP contribution >= 0.6 is 0 Å². The van der Waals surface area contributed by atoms with Crippen molar-refractivity contribution >= 4 is 27.7 Å². The minimum atomic E-state index is -0.0545. The number of hydrogen-bond acceptors (Lipinski definition) is 3. The van der Waals surface area contributed by atoms with Gasteiger partial charge in [-0.05, 0) is 30.7 Å². The maximum Gasteiger partial charge on any atom is 0.242 e. The Balaban J connectivity index is 2.09. The minimum absolute atomic E-state index is 0.0157. The molecule has 0 aliphatic rings. The highest BCUT2D eigenvalue weighted by Gasteiger charge is 2.17. The van der Waals surface area contributed by atoms with Crippen LogP contribution in [0.4, 0.5) is 0 Å². The van der Waals surface area contributed by atoms with E-state index in [0.717, 1.165) is 23.9 Å². The van der Waals surface area contributed by atoms with E-state index < -0.39 is 0 Å². The number of carbonyl (C=O) groups is 1. The maximum atomic E-state index is 12.9. The lowest BCUT2D eigenvalue weighted by Crippen LogP contribution is -2.37. The molecule has 0 saturated carbocycles. The van der Waals surface area contributed by atoms with Crippen molar-refractivity contribution < 1.29 is 9.90 Å². The van der Waals surface area contributed by atoms with Crippen molar-refractivity contribution in [2.24, 2.45) is 0 Å². The van der Waals surface area contributed by atoms with Crippen LogP contribution in [0.25, 0.3) is 21.8 Å². The van der Waals surface area contributed by atoms with Gasteiger partial charge in [0.05, 0.1) is 17.6 Å². The van der Waals surface area contributed by atoms with Gasteiger partial charge in [-0.1, -0.05) is 37.6 Å². The van der Waals surface area contributed by atoms with Crippen LogP contribution in [0.3, 0.4) is 0 Å². The Morgan fingerprint density at radius 1 is 1.00 bits per heavy atom. The molecular formula is C21H24N2O3. The molecule has 26 heavy (non-hydrogen) atoms. The van der Waals surface area contributed by atoms with Crippen LogP contribution in [0.5, 0.6) is 0 Å². The van der Waals surface area contributed by atoms with Crippen LogP contribution in [-0.4, -0.2) is 40.2 Å². The second kappa shape index (κ2) is 8.15. The normalized spacial score (nSPS) is 11.2. The zero-order valence-corrected chi connectivity index (χ0v) is 15.0. The molecule has 136 valence electrons. The van der Waals surface area contributed by atoms with Gasteiger partial charge in [0.15, 0.2) is 5.43 Å². The molecular weight excluding hydrogens is 328 g/mol. The third-order valence-corrected chi connectivity index (χ3v) is 4.68. The molecule has 1 aromatic heterocycles. The fraction of sp³-hybridized carbons (Fsp3) is 0.333. The molecule has 5 heteroatoms. The van der Waals surface area contributed by atoms with Gasteiger partial charge in [-0.3, -0.25) is 9.59 Å². The summed E-state index contributed by atoms with van der Waals surface area (Å²) in [5, 5.41) is 10.5. The zero-order chi connectivity index (χ0) is 18.5. The van der Waals surface area contributed by atoms with Gasteiger partial charge in [0.1, 0.15) is 6.54 Å². The first kappa shape index (κ1) is 18.1. The number of unbranched alkanes of at least 4 members (excludes halogenated alkanes) is 1. The van der Waals surface area contributed by atoms with Gasteiger partial charge >= 0.3 is 0 Å². The second-order valence-corrected chi connectivity index (χ2v) is 6.41. The first-order valence-electron chi connectivity index (χ1n) is 9.06. The molecule has 0 spiro atoms. The van der Waals surface area contributed by atoms with Crippen molar-refractivity contribution in [3.8, 4) is 0 Å². The molecule has 0 radical (unpaired) electrons. The van der Waals surface area contributed by atoms with Gasteiger partial charge < -0.3 is 14.6 Å². The Labute approximate surface area is 152 Å². The highest BCUT2D eigenvalue weighted by molar-refractivity contribution is 5.94. The molecule has 3 aromatic rings. The number of aliphatic hydroxyl groups is 1. The second-order valence-electron chi connectivity index (χ2n) is 6.41. The summed E-state index contributed by atoms with van der Waals surface area (Å²) in [4.78, 5) is 27.4. The molecule has 0 atom stereocenters. The van der Waals surface area contributed by atoms with E-state index in [1.165, 1.54) is 0 Å². The van der Waals surface area contributed by atoms with Gasteiger partial charge in [-0.15, -0.1) is 0 Å². The molecule has 3 rings (SSSR count). The number of aromatic nitrogens is 1. The van der Waals surface area contributed by atoms with Crippen molar-refractivity contribution in [3.63, 3.8) is 0 Å². The summed E-state index contributed by atoms with van der Waals surface area (Å²) in [5.41, 5.74) is 1.49. The van der Waals surface area contributed by atoms with Crippen LogP contribution in [0.15, 0.2) is 53.3 Å². The molecule has 5 nitrogen and oxygen atoms in total. The lowest BCUT2D eigenvalue weighted by atomic mass is 10.1. The largest absolute Gasteiger partial charge is 0.395 e. The maximum absolute atomic E-state index is 12.9. The Morgan fingerprint density at radius 2 is 1.58 bits per heavy atom. The lowest BCUT2D eigenvalue weighted by molar-refractivity contribution is -0.132. The summed E-state index contributed by atoms with van der Waals surface area (Å²) in [6.07, 6.45) is 1.89. The predicted molar refractivity (Wildman–Crippen MR) is 104 cm³/mol. The molecule has 0 aliphatic heterocycles. The van der Waals surface area contributed by atoms with Crippen molar-refractivity contribution in [2.75, 3.05) is 19.7 Å². The molecule has 0 unspecified atom stereocenters. The van der Waals surface area contributed by atoms with E-state index in [1.54, 1.807) is 17.0 Å². The predicted octanol–water partition coefficient (Wildman–Crippen LogP) is 2.78. The van der Waals surface area contributed by atoms with Crippen molar-refractivity contribution in [2.45, 2.75) is 26.3 Å². The van der Waals surface area contributed by atoms with Gasteiger partial charge in [0, 0.05) is 23.9 Å². The van der Waals surface area contributed by atoms with Crippen molar-refractivity contribution in [3.05, 3.63) is 58.8 Å². The van der Waals surface area contributed by atoms with Gasteiger partial charge in [0.2, 0.25) is 5.91 Å². The zero-order valence-electron chi connectivity index (χ0n) is 15.0. The molecule has 0 aliphatic carbocycles. The monoisotopic (exact) mass is 352 g/mol. The minimum Gasteiger partial charge on any atom is -0.395 e. The molecule has 1 N–H and O–H groups in total. The third kappa shape index (κ3) is 3.48. The fourth-order valence-corrected chi connectivity index (χ4v) is 3.31. The highest BCUT2D eigenvalue weighted by Crippen LogP contribution is 2.19. The van der Waals surface area contributed by atoms with Crippen LogP contribution in [0, 0.1) is 0 Å². The first-order chi connectivity index (χ1) is 12.7. The van der Waals surface area contributed by atoms with Crippen LogP contribution < -0.4 is 5.43 Å². The molecule has 0 bridgehead atoms. The van der Waals surface area contributed by atoms with E-state index in [1.807, 2.05) is 41.0 Å². The number of hydrogen-bond donors (Lipinski definition) is 1. The van der Waals surface area contributed by atoms with E-state index in [-0.39, 0.29) is 24.5 Å². The molecule has 2 aromatic carbocycles. The number of rotatable bonds is 7. The summed E-state index contributed by atoms with van der Waals surface area (Å²) in [6.45, 7) is 3.12. The summed E-state index contributed by atoms with van der Waals surface area (Å²) in [5.74, 6) is -0.0496. The molecule has 0 fully saturated rings. The molecule has 1 heterocycles. The first-order valence-corrected chi connectivity index (χ1v) is 9.06. The molecule has 1 amide bonds. The van der Waals surface area contributed by atoms with E-state index in [2.05, 4.69) is 6.92 Å². The summed E-state index contributed by atoms with van der Waals surface area (Å²) in [6, 6.07) is 14.8. The Morgan fingerprint density at radius 3 is 2.12 bits per heavy atom. The number of para-hydroxylation sites is 2. The van der Waals surface area contributed by atoms with Gasteiger partial charge in [-0.25, -0.2) is 0 Å². The lowest BCUT2D eigenvalue weighted by Gasteiger charge is -2.23. The topological polar surface area (TPSA) is 62.5 Å². The number of fused-ring (bicyclic) bond motifs is 2. The average Bonchev–Trinajstić information content (AvgIpc) is 2.68. The number of benzene rings is 2. The summed E-state index contributed by atoms with van der Waals surface area (Å²) < 4.78 is 1.91. The number of pyridine rings is 1. The summed E-state index contributed by atoms with van der Waals surface area (Å²) >= 11 is 0. The highest BCUT2D eigenvalue weighted by atomic mass is 16.3. The SMILES string of the molecule is CCCCN(CCO)C(=O)Cn1c2ccccc2c(=O)c2ccccc21. The average molecular weight is 352 g/mol. The van der Waals surface area contributed by atoms with Crippen LogP contribution in [0.2, 0.25) is 0 Å². The number of nitrogens with zero attached hydrogens (tertiary/aromatic N) is 2. The number of carbonyl (C=O) groups excluding carboxylic acids is 1. The standard InChI is InChI=1S/C21H24N2O3/c1-2-3-12-22(13-14-24)20(25)15-23-18-10-6-4-8-16(18)21(26)17-9-5-7-11-19(17)23/h4-11,24H,2-3,12-15H2,1H3. The quantitative estimate of drug-likeness (QED) is 0.665. The van der Waals surface area contributed by atoms with Gasteiger partial charge in [-0.2, -0.15) is 0 Å². The van der Waals surface area contributed by atoms with E-state index >= 15 is 0 Å². The Kier molecular flexibility index (Phi) is 5.68. The van der Waals surface area contributed by atoms with E-state index in [9.17, 15) is 14.7 Å². The summed E-state index contributed by atoms with van der Waals surface area (Å²) in [7, 11) is 0. The Bertz CT molecular complexity index is 918. The van der Waals surface area contributed by atoms with E-state index in [0.29, 0.717) is 23.9 Å². The van der Waals surface area contributed by atoms with E-state index in [4.69, 9.17) is 0 Å². The van der Waals surface area contributed by atoms with Crippen LogP contribution in [-0.2, 0) is 11.3 Å². The molecule has 0 saturated heterocycles. The third-order valence-electron chi connectivity index (χ3n) is 4.68. The fourth-order valence-electron chi connectivity index (χ4n) is 3.31. The Hall–Kier alpha value is -2.66. The smallest absolute Gasteiger partial charge is 0.242 e. The van der Waals surface area contributed by atoms with Gasteiger partial charge in [0.25, 0.3) is 0 Å². The van der Waals surface area contributed by atoms with Crippen molar-refractivity contribution in [1.29, 1.82) is 0 Å². The number of aliphatic hydroxyl groups excluding tert-OH is 1. The van der Waals surface area contributed by atoms with Crippen molar-refractivity contribution in [1.82, 2.24) is 9.47 Å². The number of amides is 1.